The monoisotopic (exact) mass is 612 g/mol. The number of benzene rings is 7. The molecule has 11 rings (SSSR count). The van der Waals surface area contributed by atoms with Crippen LogP contribution >= 0.6 is 0 Å². The Hall–Kier alpha value is -6.59. The van der Waals surface area contributed by atoms with Crippen molar-refractivity contribution in [3.8, 4) is 34.2 Å². The van der Waals surface area contributed by atoms with E-state index in [4.69, 9.17) is 19.4 Å². The lowest BCUT2D eigenvalue weighted by Crippen LogP contribution is -2.00. The van der Waals surface area contributed by atoms with Crippen molar-refractivity contribution in [2.24, 2.45) is 0 Å². The molecule has 11 aromatic rings. The molecule has 7 aromatic carbocycles. The van der Waals surface area contributed by atoms with Gasteiger partial charge in [-0.05, 0) is 58.6 Å². The van der Waals surface area contributed by atoms with E-state index in [0.29, 0.717) is 17.5 Å². The Balaban J connectivity index is 1.25. The molecule has 0 spiro atoms. The van der Waals surface area contributed by atoms with Crippen molar-refractivity contribution in [1.29, 1.82) is 0 Å². The van der Waals surface area contributed by atoms with Gasteiger partial charge in [-0.2, -0.15) is 0 Å². The van der Waals surface area contributed by atoms with Crippen molar-refractivity contribution in [1.82, 2.24) is 19.4 Å². The van der Waals surface area contributed by atoms with E-state index in [0.717, 1.165) is 60.3 Å². The molecule has 0 atom stereocenters. The molecule has 222 valence electrons. The van der Waals surface area contributed by atoms with E-state index in [2.05, 4.69) is 120 Å². The zero-order chi connectivity index (χ0) is 31.3. The van der Waals surface area contributed by atoms with Crippen LogP contribution in [0, 0.1) is 0 Å². The van der Waals surface area contributed by atoms with Gasteiger partial charge in [0.15, 0.2) is 17.5 Å². The predicted molar refractivity (Wildman–Crippen MR) is 196 cm³/mol. The molecule has 5 heteroatoms. The zero-order valence-electron chi connectivity index (χ0n) is 25.6. The summed E-state index contributed by atoms with van der Waals surface area (Å²) < 4.78 is 9.10. The highest BCUT2D eigenvalue weighted by molar-refractivity contribution is 6.32. The summed E-state index contributed by atoms with van der Waals surface area (Å²) in [4.78, 5) is 15.2. The Labute approximate surface area is 273 Å². The first-order valence-corrected chi connectivity index (χ1v) is 16.1. The summed E-state index contributed by atoms with van der Waals surface area (Å²) in [7, 11) is 0. The van der Waals surface area contributed by atoms with Crippen LogP contribution in [-0.2, 0) is 0 Å². The molecular weight excluding hydrogens is 589 g/mol. The summed E-state index contributed by atoms with van der Waals surface area (Å²) in [6.45, 7) is 0. The van der Waals surface area contributed by atoms with Crippen molar-refractivity contribution in [2.75, 3.05) is 0 Å². The lowest BCUT2D eigenvalue weighted by molar-refractivity contribution is 0.669. The van der Waals surface area contributed by atoms with Crippen LogP contribution in [0.2, 0.25) is 0 Å². The molecular formula is C43H24N4O. The predicted octanol–water partition coefficient (Wildman–Crippen LogP) is 11.1. The average molecular weight is 613 g/mol. The van der Waals surface area contributed by atoms with Gasteiger partial charge in [-0.15, -0.1) is 0 Å². The van der Waals surface area contributed by atoms with Gasteiger partial charge in [0.05, 0.1) is 21.9 Å². The topological polar surface area (TPSA) is 56.2 Å². The maximum Gasteiger partial charge on any atom is 0.164 e. The number of hydrogen-bond acceptors (Lipinski definition) is 4. The van der Waals surface area contributed by atoms with Crippen LogP contribution in [0.3, 0.4) is 0 Å². The van der Waals surface area contributed by atoms with E-state index < -0.39 is 0 Å². The molecule has 0 aliphatic rings. The van der Waals surface area contributed by atoms with Crippen LogP contribution in [0.4, 0.5) is 0 Å². The molecule has 0 radical (unpaired) electrons. The lowest BCUT2D eigenvalue weighted by atomic mass is 10.0. The number of fused-ring (bicyclic) bond motifs is 7. The Morgan fingerprint density at radius 3 is 1.83 bits per heavy atom. The summed E-state index contributed by atoms with van der Waals surface area (Å²) in [5.41, 5.74) is 7.93. The van der Waals surface area contributed by atoms with Crippen molar-refractivity contribution < 1.29 is 4.42 Å². The van der Waals surface area contributed by atoms with Gasteiger partial charge in [-0.3, -0.25) is 0 Å². The molecule has 0 saturated heterocycles. The second-order valence-electron chi connectivity index (χ2n) is 12.4. The van der Waals surface area contributed by atoms with Crippen LogP contribution in [-0.4, -0.2) is 19.4 Å². The Morgan fingerprint density at radius 1 is 0.396 bits per heavy atom. The quantitative estimate of drug-likeness (QED) is 0.199. The summed E-state index contributed by atoms with van der Waals surface area (Å²) in [5, 5.41) is 9.26. The number of hydrogen-bond donors (Lipinski definition) is 0. The van der Waals surface area contributed by atoms with Crippen LogP contribution in [0.25, 0.3) is 105 Å². The number of rotatable bonds is 3. The van der Waals surface area contributed by atoms with E-state index in [1.54, 1.807) is 0 Å². The average Bonchev–Trinajstić information content (AvgIpc) is 3.66. The molecule has 48 heavy (non-hydrogen) atoms. The third-order valence-corrected chi connectivity index (χ3v) is 9.74. The lowest BCUT2D eigenvalue weighted by Gasteiger charge is -2.10. The van der Waals surface area contributed by atoms with Crippen molar-refractivity contribution in [2.45, 2.75) is 0 Å². The minimum atomic E-state index is 0.600. The van der Waals surface area contributed by atoms with E-state index in [-0.39, 0.29) is 0 Å². The minimum Gasteiger partial charge on any atom is -0.456 e. The smallest absolute Gasteiger partial charge is 0.164 e. The molecule has 4 aromatic heterocycles. The standard InChI is InChI=1S/C43H24N4O/c1-2-11-26(12-3-1)41-44-42(28-19-18-25-10-4-5-13-27(25)22-28)46-43(45-41)29-23-33-31-15-7-9-17-35(31)47-34-16-8-6-14-30(34)32-20-21-36-39(40(32)47)38(33)37(24-29)48-36/h1-24H. The molecule has 0 saturated carbocycles. The van der Waals surface area contributed by atoms with Crippen LogP contribution in [0.1, 0.15) is 0 Å². The fraction of sp³-hybridized carbons (Fsp3) is 0. The van der Waals surface area contributed by atoms with Gasteiger partial charge in [-0.25, -0.2) is 15.0 Å². The van der Waals surface area contributed by atoms with Crippen LogP contribution in [0.15, 0.2) is 150 Å². The van der Waals surface area contributed by atoms with E-state index in [1.165, 1.54) is 27.2 Å². The van der Waals surface area contributed by atoms with E-state index >= 15 is 0 Å². The molecule has 0 fully saturated rings. The number of para-hydroxylation sites is 2. The second-order valence-corrected chi connectivity index (χ2v) is 12.4. The fourth-order valence-electron chi connectivity index (χ4n) is 7.61. The van der Waals surface area contributed by atoms with Crippen LogP contribution in [0.5, 0.6) is 0 Å². The Bertz CT molecular complexity index is 3050. The van der Waals surface area contributed by atoms with Gasteiger partial charge < -0.3 is 8.82 Å². The van der Waals surface area contributed by atoms with Gasteiger partial charge >= 0.3 is 0 Å². The Kier molecular flexibility index (Phi) is 5.05. The third-order valence-electron chi connectivity index (χ3n) is 9.74. The van der Waals surface area contributed by atoms with Crippen LogP contribution < -0.4 is 0 Å². The highest BCUT2D eigenvalue weighted by Crippen LogP contribution is 2.45. The summed E-state index contributed by atoms with van der Waals surface area (Å²) >= 11 is 0. The maximum atomic E-state index is 6.70. The van der Waals surface area contributed by atoms with Crippen molar-refractivity contribution in [3.63, 3.8) is 0 Å². The molecule has 0 unspecified atom stereocenters. The Morgan fingerprint density at radius 2 is 1.04 bits per heavy atom. The molecule has 0 aliphatic carbocycles. The van der Waals surface area contributed by atoms with Gasteiger partial charge in [0.1, 0.15) is 11.2 Å². The zero-order valence-corrected chi connectivity index (χ0v) is 25.6. The first kappa shape index (κ1) is 25.6. The summed E-state index contributed by atoms with van der Waals surface area (Å²) in [6.07, 6.45) is 0. The molecule has 0 aliphatic heterocycles. The summed E-state index contributed by atoms with van der Waals surface area (Å²) in [6, 6.07) is 50.8. The largest absolute Gasteiger partial charge is 0.456 e. The first-order chi connectivity index (χ1) is 23.8. The van der Waals surface area contributed by atoms with Crippen molar-refractivity contribution >= 4 is 70.8 Å². The third kappa shape index (κ3) is 3.53. The minimum absolute atomic E-state index is 0.600. The highest BCUT2D eigenvalue weighted by atomic mass is 16.3. The summed E-state index contributed by atoms with van der Waals surface area (Å²) in [5.74, 6) is 1.86. The van der Waals surface area contributed by atoms with Gasteiger partial charge in [0.25, 0.3) is 0 Å². The number of furan rings is 1. The first-order valence-electron chi connectivity index (χ1n) is 16.1. The highest BCUT2D eigenvalue weighted by Gasteiger charge is 2.23. The molecule has 0 N–H and O–H groups in total. The van der Waals surface area contributed by atoms with Gasteiger partial charge in [0.2, 0.25) is 0 Å². The fourth-order valence-corrected chi connectivity index (χ4v) is 7.61. The number of nitrogens with zero attached hydrogens (tertiary/aromatic N) is 4. The SMILES string of the molecule is c1ccc(-c2nc(-c3ccc4ccccc4c3)nc(-c3cc4oc5ccc6c7ccccc7n7c8ccccc8c(c3)c4c5c67)n2)cc1. The second kappa shape index (κ2) is 9.47. The normalized spacial score (nSPS) is 12.2. The number of aromatic nitrogens is 4. The van der Waals surface area contributed by atoms with E-state index in [9.17, 15) is 0 Å². The maximum absolute atomic E-state index is 6.70. The van der Waals surface area contributed by atoms with Gasteiger partial charge in [-0.1, -0.05) is 103 Å². The molecule has 4 heterocycles. The molecule has 5 nitrogen and oxygen atoms in total. The molecule has 0 amide bonds. The van der Waals surface area contributed by atoms with Gasteiger partial charge in [0, 0.05) is 38.2 Å². The van der Waals surface area contributed by atoms with Crippen molar-refractivity contribution in [3.05, 3.63) is 146 Å². The molecule has 0 bridgehead atoms. The van der Waals surface area contributed by atoms with E-state index in [1.807, 2.05) is 30.3 Å².